The Morgan fingerprint density at radius 2 is 1.95 bits per heavy atom. The van der Waals surface area contributed by atoms with Crippen LogP contribution < -0.4 is 0 Å². The van der Waals surface area contributed by atoms with Gasteiger partial charge in [0, 0.05) is 5.56 Å². The van der Waals surface area contributed by atoms with Gasteiger partial charge in [-0.2, -0.15) is 0 Å². The molecule has 0 N–H and O–H groups in total. The summed E-state index contributed by atoms with van der Waals surface area (Å²) >= 11 is 0. The topological polar surface area (TPSA) is 60.7 Å². The number of nitrogens with zero attached hydrogens (tertiary/aromatic N) is 4. The van der Waals surface area contributed by atoms with E-state index in [1.807, 2.05) is 13.8 Å². The van der Waals surface area contributed by atoms with Crippen molar-refractivity contribution in [2.75, 3.05) is 0 Å². The number of tetrazole rings is 1. The van der Waals surface area contributed by atoms with Crippen molar-refractivity contribution in [3.05, 3.63) is 48.0 Å². The number of halogens is 1. The van der Waals surface area contributed by atoms with E-state index < -0.39 is 5.82 Å². The van der Waals surface area contributed by atoms with Gasteiger partial charge < -0.3 is 0 Å². The van der Waals surface area contributed by atoms with E-state index in [0.717, 1.165) is 0 Å². The summed E-state index contributed by atoms with van der Waals surface area (Å²) in [6.45, 7) is 7.53. The van der Waals surface area contributed by atoms with Crippen LogP contribution >= 0.6 is 0 Å². The molecule has 5 nitrogen and oxygen atoms in total. The van der Waals surface area contributed by atoms with Crippen LogP contribution in [0.5, 0.6) is 0 Å². The number of allylic oxidation sites excluding steroid dienone is 1. The highest BCUT2D eigenvalue weighted by molar-refractivity contribution is 6.27. The molecule has 19 heavy (non-hydrogen) atoms. The fourth-order valence-corrected chi connectivity index (χ4v) is 1.62. The molecule has 0 bridgehead atoms. The van der Waals surface area contributed by atoms with E-state index in [9.17, 15) is 9.18 Å². The summed E-state index contributed by atoms with van der Waals surface area (Å²) in [5, 5.41) is 11.2. The van der Waals surface area contributed by atoms with Gasteiger partial charge >= 0.3 is 0 Å². The molecule has 98 valence electrons. The molecule has 1 aromatic heterocycles. The van der Waals surface area contributed by atoms with Crippen molar-refractivity contribution in [3.8, 4) is 0 Å². The largest absolute Gasteiger partial charge is 0.288 e. The van der Waals surface area contributed by atoms with Crippen molar-refractivity contribution < 1.29 is 9.18 Å². The number of hydrogen-bond donors (Lipinski definition) is 0. The summed E-state index contributed by atoms with van der Waals surface area (Å²) in [6.07, 6.45) is 0. The van der Waals surface area contributed by atoms with E-state index in [2.05, 4.69) is 22.1 Å². The first-order valence-electron chi connectivity index (χ1n) is 5.78. The fourth-order valence-electron chi connectivity index (χ4n) is 1.62. The third kappa shape index (κ3) is 2.57. The standard InChI is InChI=1S/C13H13FN4O/c1-8(2)18-13(15-16-17-18)9(3)12(19)10-4-6-11(14)7-5-10/h4-8H,3H2,1-2H3. The first-order valence-corrected chi connectivity index (χ1v) is 5.78. The molecule has 0 saturated heterocycles. The minimum atomic E-state index is -0.394. The number of Topliss-reactive ketones (excluding diaryl/α,β-unsaturated/α-hetero) is 1. The van der Waals surface area contributed by atoms with E-state index in [0.29, 0.717) is 11.4 Å². The van der Waals surface area contributed by atoms with Gasteiger partial charge in [0.05, 0.1) is 11.6 Å². The first-order chi connectivity index (χ1) is 9.00. The summed E-state index contributed by atoms with van der Waals surface area (Å²) < 4.78 is 14.3. The number of rotatable bonds is 4. The molecule has 0 unspecified atom stereocenters. The highest BCUT2D eigenvalue weighted by Gasteiger charge is 2.19. The Morgan fingerprint density at radius 1 is 1.32 bits per heavy atom. The lowest BCUT2D eigenvalue weighted by Crippen LogP contribution is -2.12. The van der Waals surface area contributed by atoms with Crippen LogP contribution in [0, 0.1) is 5.82 Å². The average Bonchev–Trinajstić information content (AvgIpc) is 2.87. The van der Waals surface area contributed by atoms with Crippen LogP contribution in [0.4, 0.5) is 4.39 Å². The predicted molar refractivity (Wildman–Crippen MR) is 68.0 cm³/mol. The highest BCUT2D eigenvalue weighted by Crippen LogP contribution is 2.18. The van der Waals surface area contributed by atoms with Crippen molar-refractivity contribution in [1.29, 1.82) is 0 Å². The van der Waals surface area contributed by atoms with Crippen LogP contribution in [-0.4, -0.2) is 26.0 Å². The van der Waals surface area contributed by atoms with Gasteiger partial charge in [-0.3, -0.25) is 4.79 Å². The van der Waals surface area contributed by atoms with Crippen LogP contribution in [-0.2, 0) is 0 Å². The van der Waals surface area contributed by atoms with Crippen LogP contribution in [0.3, 0.4) is 0 Å². The van der Waals surface area contributed by atoms with Crippen LogP contribution in [0.2, 0.25) is 0 Å². The number of ketones is 1. The van der Waals surface area contributed by atoms with Gasteiger partial charge in [-0.05, 0) is 48.5 Å². The molecule has 0 aliphatic rings. The van der Waals surface area contributed by atoms with Gasteiger partial charge in [0.15, 0.2) is 11.6 Å². The maximum Gasteiger partial charge on any atom is 0.196 e. The summed E-state index contributed by atoms with van der Waals surface area (Å²) in [5.41, 5.74) is 0.537. The van der Waals surface area contributed by atoms with Crippen molar-refractivity contribution >= 4 is 11.4 Å². The number of carbonyl (C=O) groups excluding carboxylic acids is 1. The van der Waals surface area contributed by atoms with E-state index in [1.54, 1.807) is 0 Å². The Balaban J connectivity index is 2.31. The number of carbonyl (C=O) groups is 1. The molecule has 0 aliphatic heterocycles. The lowest BCUT2D eigenvalue weighted by molar-refractivity contribution is 0.105. The van der Waals surface area contributed by atoms with Gasteiger partial charge in [0.2, 0.25) is 0 Å². The maximum absolute atomic E-state index is 12.8. The van der Waals surface area contributed by atoms with Crippen LogP contribution in [0.1, 0.15) is 36.1 Å². The monoisotopic (exact) mass is 260 g/mol. The van der Waals surface area contributed by atoms with E-state index in [1.165, 1.54) is 28.9 Å². The minimum Gasteiger partial charge on any atom is -0.288 e. The Bertz CT molecular complexity index is 616. The summed E-state index contributed by atoms with van der Waals surface area (Å²) in [6, 6.07) is 5.29. The second kappa shape index (κ2) is 5.09. The zero-order valence-corrected chi connectivity index (χ0v) is 10.7. The number of aromatic nitrogens is 4. The van der Waals surface area contributed by atoms with Crippen LogP contribution in [0.25, 0.3) is 5.57 Å². The van der Waals surface area contributed by atoms with Gasteiger partial charge in [0.1, 0.15) is 5.82 Å². The lowest BCUT2D eigenvalue weighted by Gasteiger charge is -2.09. The van der Waals surface area contributed by atoms with Gasteiger partial charge in [-0.25, -0.2) is 9.07 Å². The average molecular weight is 260 g/mol. The molecule has 1 aromatic carbocycles. The Morgan fingerprint density at radius 3 is 2.53 bits per heavy atom. The third-order valence-electron chi connectivity index (χ3n) is 2.63. The molecular formula is C13H13FN4O. The molecular weight excluding hydrogens is 247 g/mol. The fraction of sp³-hybridized carbons (Fsp3) is 0.231. The molecule has 6 heteroatoms. The smallest absolute Gasteiger partial charge is 0.196 e. The molecule has 2 rings (SSSR count). The molecule has 2 aromatic rings. The third-order valence-corrected chi connectivity index (χ3v) is 2.63. The van der Waals surface area contributed by atoms with Crippen LogP contribution in [0.15, 0.2) is 30.8 Å². The first kappa shape index (κ1) is 13.1. The van der Waals surface area contributed by atoms with Gasteiger partial charge in [-0.15, -0.1) is 5.10 Å². The zero-order chi connectivity index (χ0) is 14.0. The molecule has 0 fully saturated rings. The molecule has 0 atom stereocenters. The van der Waals surface area contributed by atoms with Crippen molar-refractivity contribution in [2.24, 2.45) is 0 Å². The zero-order valence-electron chi connectivity index (χ0n) is 10.7. The van der Waals surface area contributed by atoms with Crippen molar-refractivity contribution in [1.82, 2.24) is 20.2 Å². The van der Waals surface area contributed by atoms with Gasteiger partial charge in [-0.1, -0.05) is 6.58 Å². The second-order valence-corrected chi connectivity index (χ2v) is 4.36. The van der Waals surface area contributed by atoms with Crippen molar-refractivity contribution in [3.63, 3.8) is 0 Å². The molecule has 1 heterocycles. The molecule has 0 saturated carbocycles. The van der Waals surface area contributed by atoms with E-state index >= 15 is 0 Å². The quantitative estimate of drug-likeness (QED) is 0.625. The SMILES string of the molecule is C=C(C(=O)c1ccc(F)cc1)c1nnnn1C(C)C. The molecule has 0 amide bonds. The summed E-state index contributed by atoms with van der Waals surface area (Å²) in [4.78, 5) is 12.2. The summed E-state index contributed by atoms with van der Waals surface area (Å²) in [5.74, 6) is -0.393. The Hall–Kier alpha value is -2.37. The number of hydrogen-bond acceptors (Lipinski definition) is 4. The maximum atomic E-state index is 12.8. The Labute approximate surface area is 109 Å². The highest BCUT2D eigenvalue weighted by atomic mass is 19.1. The normalized spacial score (nSPS) is 10.7. The molecule has 0 spiro atoms. The lowest BCUT2D eigenvalue weighted by atomic mass is 10.0. The predicted octanol–water partition coefficient (Wildman–Crippen LogP) is 2.29. The van der Waals surface area contributed by atoms with E-state index in [4.69, 9.17) is 0 Å². The van der Waals surface area contributed by atoms with Gasteiger partial charge in [0.25, 0.3) is 0 Å². The van der Waals surface area contributed by atoms with Crippen molar-refractivity contribution in [2.45, 2.75) is 19.9 Å². The number of benzene rings is 1. The molecule has 0 radical (unpaired) electrons. The summed E-state index contributed by atoms with van der Waals surface area (Å²) in [7, 11) is 0. The minimum absolute atomic E-state index is 0.0165. The van der Waals surface area contributed by atoms with E-state index in [-0.39, 0.29) is 17.4 Å². The second-order valence-electron chi connectivity index (χ2n) is 4.36. The Kier molecular flexibility index (Phi) is 3.50. The molecule has 0 aliphatic carbocycles.